The molecular formula is C12H23NO. The maximum absolute atomic E-state index is 10.4. The SMILES string of the molecule is CN(C)C1[C@H]2CC[C@@](C)([C@@H]1O)C2(C)C. The summed E-state index contributed by atoms with van der Waals surface area (Å²) < 4.78 is 0. The van der Waals surface area contributed by atoms with Gasteiger partial charge in [-0.3, -0.25) is 0 Å². The second kappa shape index (κ2) is 2.73. The fourth-order valence-corrected chi connectivity index (χ4v) is 3.93. The minimum absolute atomic E-state index is 0.132. The summed E-state index contributed by atoms with van der Waals surface area (Å²) in [6.07, 6.45) is 2.32. The Labute approximate surface area is 87.3 Å². The summed E-state index contributed by atoms with van der Waals surface area (Å²) in [7, 11) is 4.18. The van der Waals surface area contributed by atoms with Crippen LogP contribution < -0.4 is 0 Å². The molecule has 0 spiro atoms. The highest BCUT2D eigenvalue weighted by Gasteiger charge is 2.66. The summed E-state index contributed by atoms with van der Waals surface area (Å²) in [5.74, 6) is 0.664. The zero-order chi connectivity index (χ0) is 10.7. The first-order valence-corrected chi connectivity index (χ1v) is 5.67. The van der Waals surface area contributed by atoms with Crippen LogP contribution in [0.5, 0.6) is 0 Å². The van der Waals surface area contributed by atoms with E-state index in [1.54, 1.807) is 0 Å². The second-order valence-corrected chi connectivity index (χ2v) is 6.18. The Morgan fingerprint density at radius 2 is 1.79 bits per heavy atom. The van der Waals surface area contributed by atoms with Gasteiger partial charge in [0.05, 0.1) is 6.10 Å². The second-order valence-electron chi connectivity index (χ2n) is 6.18. The first kappa shape index (κ1) is 10.4. The zero-order valence-corrected chi connectivity index (χ0v) is 10.0. The van der Waals surface area contributed by atoms with Crippen LogP contribution in [0.15, 0.2) is 0 Å². The van der Waals surface area contributed by atoms with Gasteiger partial charge in [-0.2, -0.15) is 0 Å². The van der Waals surface area contributed by atoms with E-state index in [0.29, 0.717) is 17.4 Å². The van der Waals surface area contributed by atoms with Crippen molar-refractivity contribution < 1.29 is 5.11 Å². The first-order chi connectivity index (χ1) is 6.32. The van der Waals surface area contributed by atoms with Crippen molar-refractivity contribution in [1.82, 2.24) is 4.90 Å². The Morgan fingerprint density at radius 3 is 2.07 bits per heavy atom. The van der Waals surface area contributed by atoms with E-state index in [0.717, 1.165) is 0 Å². The van der Waals surface area contributed by atoms with E-state index in [1.807, 2.05) is 0 Å². The van der Waals surface area contributed by atoms with Gasteiger partial charge in [-0.25, -0.2) is 0 Å². The van der Waals surface area contributed by atoms with Crippen LogP contribution in [0, 0.1) is 16.7 Å². The monoisotopic (exact) mass is 197 g/mol. The molecule has 2 nitrogen and oxygen atoms in total. The topological polar surface area (TPSA) is 23.5 Å². The molecule has 0 saturated heterocycles. The van der Waals surface area contributed by atoms with Gasteiger partial charge in [0.1, 0.15) is 0 Å². The highest BCUT2D eigenvalue weighted by molar-refractivity contribution is 5.16. The quantitative estimate of drug-likeness (QED) is 0.692. The highest BCUT2D eigenvalue weighted by atomic mass is 16.3. The average molecular weight is 197 g/mol. The van der Waals surface area contributed by atoms with E-state index >= 15 is 0 Å². The molecule has 0 aromatic heterocycles. The lowest BCUT2D eigenvalue weighted by atomic mass is 9.70. The molecule has 0 radical (unpaired) electrons. The van der Waals surface area contributed by atoms with Crippen LogP contribution in [0.25, 0.3) is 0 Å². The number of likely N-dealkylation sites (N-methyl/N-ethyl adjacent to an activating group) is 1. The molecule has 0 aromatic rings. The highest BCUT2D eigenvalue weighted by Crippen LogP contribution is 2.66. The van der Waals surface area contributed by atoms with Crippen molar-refractivity contribution in [3.05, 3.63) is 0 Å². The van der Waals surface area contributed by atoms with Crippen molar-refractivity contribution in [1.29, 1.82) is 0 Å². The van der Waals surface area contributed by atoms with E-state index < -0.39 is 0 Å². The molecule has 1 N–H and O–H groups in total. The van der Waals surface area contributed by atoms with Gasteiger partial charge in [-0.05, 0) is 38.3 Å². The van der Waals surface area contributed by atoms with Crippen LogP contribution in [0.4, 0.5) is 0 Å². The fraction of sp³-hybridized carbons (Fsp3) is 1.00. The Morgan fingerprint density at radius 1 is 1.21 bits per heavy atom. The Balaban J connectivity index is 2.39. The summed E-state index contributed by atoms with van der Waals surface area (Å²) >= 11 is 0. The van der Waals surface area contributed by atoms with Gasteiger partial charge < -0.3 is 10.0 Å². The van der Waals surface area contributed by atoms with Gasteiger partial charge in [0.2, 0.25) is 0 Å². The summed E-state index contributed by atoms with van der Waals surface area (Å²) in [6.45, 7) is 6.93. The van der Waals surface area contributed by atoms with Crippen molar-refractivity contribution in [2.24, 2.45) is 16.7 Å². The van der Waals surface area contributed by atoms with E-state index in [1.165, 1.54) is 12.8 Å². The van der Waals surface area contributed by atoms with Gasteiger partial charge in [-0.15, -0.1) is 0 Å². The Hall–Kier alpha value is -0.0800. The average Bonchev–Trinajstić information content (AvgIpc) is 2.35. The van der Waals surface area contributed by atoms with Crippen molar-refractivity contribution in [2.75, 3.05) is 14.1 Å². The van der Waals surface area contributed by atoms with E-state index in [-0.39, 0.29) is 11.5 Å². The van der Waals surface area contributed by atoms with Gasteiger partial charge in [0.15, 0.2) is 0 Å². The van der Waals surface area contributed by atoms with Crippen LogP contribution >= 0.6 is 0 Å². The van der Waals surface area contributed by atoms with Gasteiger partial charge >= 0.3 is 0 Å². The van der Waals surface area contributed by atoms with Crippen molar-refractivity contribution in [3.8, 4) is 0 Å². The maximum Gasteiger partial charge on any atom is 0.0756 e. The lowest BCUT2D eigenvalue weighted by Gasteiger charge is -2.38. The summed E-state index contributed by atoms with van der Waals surface area (Å²) in [5.41, 5.74) is 0.425. The fourth-order valence-electron chi connectivity index (χ4n) is 3.93. The maximum atomic E-state index is 10.4. The van der Waals surface area contributed by atoms with Crippen LogP contribution in [0.3, 0.4) is 0 Å². The van der Waals surface area contributed by atoms with Crippen LogP contribution in [-0.4, -0.2) is 36.2 Å². The number of hydrogen-bond acceptors (Lipinski definition) is 2. The standard InChI is InChI=1S/C12H23NO/c1-11(2)8-6-7-12(11,3)10(14)9(8)13(4)5/h8-10,14H,6-7H2,1-5H3/t8-,9?,10-,12+/m1/s1. The summed E-state index contributed by atoms with van der Waals surface area (Å²) in [6, 6.07) is 0.365. The van der Waals surface area contributed by atoms with Crippen LogP contribution in [0.1, 0.15) is 33.6 Å². The molecule has 4 atom stereocenters. The Bertz CT molecular complexity index is 249. The predicted molar refractivity (Wildman–Crippen MR) is 58.1 cm³/mol. The van der Waals surface area contributed by atoms with E-state index in [4.69, 9.17) is 0 Å². The van der Waals surface area contributed by atoms with Gasteiger partial charge in [-0.1, -0.05) is 20.8 Å². The van der Waals surface area contributed by atoms with Crippen molar-refractivity contribution in [3.63, 3.8) is 0 Å². The molecule has 0 aliphatic heterocycles. The predicted octanol–water partition coefficient (Wildman–Crippen LogP) is 1.73. The summed E-state index contributed by atoms with van der Waals surface area (Å²) in [4.78, 5) is 2.21. The van der Waals surface area contributed by atoms with E-state index in [2.05, 4.69) is 39.8 Å². The number of aliphatic hydroxyl groups excluding tert-OH is 1. The largest absolute Gasteiger partial charge is 0.391 e. The number of nitrogens with zero attached hydrogens (tertiary/aromatic N) is 1. The van der Waals surface area contributed by atoms with E-state index in [9.17, 15) is 5.11 Å². The third-order valence-corrected chi connectivity index (χ3v) is 5.36. The smallest absolute Gasteiger partial charge is 0.0756 e. The number of fused-ring (bicyclic) bond motifs is 2. The molecule has 82 valence electrons. The molecule has 2 fully saturated rings. The minimum atomic E-state index is -0.147. The lowest BCUT2D eigenvalue weighted by Crippen LogP contribution is -2.46. The molecule has 2 aliphatic rings. The molecule has 2 saturated carbocycles. The molecule has 2 aliphatic carbocycles. The number of aliphatic hydroxyl groups is 1. The van der Waals surface area contributed by atoms with Gasteiger partial charge in [0, 0.05) is 11.5 Å². The van der Waals surface area contributed by atoms with Crippen molar-refractivity contribution >= 4 is 0 Å². The number of rotatable bonds is 1. The zero-order valence-electron chi connectivity index (χ0n) is 10.0. The summed E-state index contributed by atoms with van der Waals surface area (Å²) in [5, 5.41) is 10.4. The first-order valence-electron chi connectivity index (χ1n) is 5.67. The number of hydrogen-bond donors (Lipinski definition) is 1. The molecular weight excluding hydrogens is 174 g/mol. The molecule has 2 rings (SSSR count). The molecule has 2 bridgehead atoms. The lowest BCUT2D eigenvalue weighted by molar-refractivity contribution is -0.0195. The molecule has 0 aromatic carbocycles. The molecule has 2 heteroatoms. The van der Waals surface area contributed by atoms with Crippen LogP contribution in [0.2, 0.25) is 0 Å². The van der Waals surface area contributed by atoms with Crippen LogP contribution in [-0.2, 0) is 0 Å². The molecule has 14 heavy (non-hydrogen) atoms. The third kappa shape index (κ3) is 0.938. The van der Waals surface area contributed by atoms with Gasteiger partial charge in [0.25, 0.3) is 0 Å². The van der Waals surface area contributed by atoms with Crippen molar-refractivity contribution in [2.45, 2.75) is 45.8 Å². The Kier molecular flexibility index (Phi) is 2.04. The molecule has 1 unspecified atom stereocenters. The molecule has 0 amide bonds. The normalized spacial score (nSPS) is 50.4. The minimum Gasteiger partial charge on any atom is -0.391 e. The molecule has 0 heterocycles. The third-order valence-electron chi connectivity index (χ3n) is 5.36.